The summed E-state index contributed by atoms with van der Waals surface area (Å²) in [6.07, 6.45) is 7.13. The number of hydrogen-bond acceptors (Lipinski definition) is 11. The summed E-state index contributed by atoms with van der Waals surface area (Å²) in [6, 6.07) is 2.70. The molecule has 0 radical (unpaired) electrons. The third kappa shape index (κ3) is 7.46. The molecule has 2 fully saturated rings. The van der Waals surface area contributed by atoms with Gasteiger partial charge in [-0.15, -0.1) is 11.3 Å². The monoisotopic (exact) mass is 631 g/mol. The molecule has 2 saturated heterocycles. The highest BCUT2D eigenvalue weighted by molar-refractivity contribution is 7.17. The van der Waals surface area contributed by atoms with Crippen LogP contribution in [0.1, 0.15) is 61.8 Å². The summed E-state index contributed by atoms with van der Waals surface area (Å²) in [5, 5.41) is 6.09. The first-order valence-corrected chi connectivity index (χ1v) is 16.7. The summed E-state index contributed by atoms with van der Waals surface area (Å²) in [6.45, 7) is 11.5. The van der Waals surface area contributed by atoms with Gasteiger partial charge in [0.1, 0.15) is 11.5 Å². The van der Waals surface area contributed by atoms with Crippen molar-refractivity contribution in [3.63, 3.8) is 0 Å². The van der Waals surface area contributed by atoms with Crippen LogP contribution >= 0.6 is 34.3 Å². The number of esters is 1. The number of nitrogens with zero attached hydrogens (tertiary/aromatic N) is 6. The lowest BCUT2D eigenvalue weighted by atomic mass is 10.1. The minimum atomic E-state index is -0.338. The maximum Gasteiger partial charge on any atom is 0.307 e. The topological polar surface area (TPSA) is 104 Å². The lowest BCUT2D eigenvalue weighted by Crippen LogP contribution is -2.52. The summed E-state index contributed by atoms with van der Waals surface area (Å²) in [4.78, 5) is 47.8. The highest BCUT2D eigenvalue weighted by Gasteiger charge is 2.27. The lowest BCUT2D eigenvalue weighted by molar-refractivity contribution is -0.143. The zero-order chi connectivity index (χ0) is 29.6. The zero-order valence-electron chi connectivity index (χ0n) is 24.3. The van der Waals surface area contributed by atoms with E-state index in [-0.39, 0.29) is 23.6 Å². The van der Waals surface area contributed by atoms with Crippen molar-refractivity contribution >= 4 is 57.1 Å². The number of anilines is 2. The molecule has 10 nitrogen and oxygen atoms in total. The second kappa shape index (κ2) is 14.2. The van der Waals surface area contributed by atoms with Crippen molar-refractivity contribution in [2.75, 3.05) is 49.5 Å². The molecule has 1 N–H and O–H groups in total. The molecule has 5 heterocycles. The number of thiophene rings is 1. The molecule has 2 aliphatic rings. The SMILES string of the molecule is CCOC(=O)CCN1CCN(c2cnc(C(=O)Nc3nc(-c4cc(Cl)cs4)c(CN4CCCC4CC)s3)cn2)C(C)C1. The molecule has 0 saturated carbocycles. The molecular formula is C29H38ClN7O3S2. The largest absolute Gasteiger partial charge is 0.466 e. The van der Waals surface area contributed by atoms with Crippen molar-refractivity contribution in [2.24, 2.45) is 0 Å². The Morgan fingerprint density at radius 3 is 2.74 bits per heavy atom. The second-order valence-corrected chi connectivity index (χ2v) is 13.1. The molecule has 0 aromatic carbocycles. The third-order valence-corrected chi connectivity index (χ3v) is 10.1. The van der Waals surface area contributed by atoms with E-state index >= 15 is 0 Å². The Morgan fingerprint density at radius 2 is 2.05 bits per heavy atom. The third-order valence-electron chi connectivity index (χ3n) is 7.85. The van der Waals surface area contributed by atoms with Gasteiger partial charge in [-0.05, 0) is 45.7 Å². The van der Waals surface area contributed by atoms with Gasteiger partial charge in [-0.1, -0.05) is 29.9 Å². The number of amides is 1. The molecule has 226 valence electrons. The number of piperazine rings is 1. The predicted molar refractivity (Wildman–Crippen MR) is 169 cm³/mol. The van der Waals surface area contributed by atoms with E-state index in [9.17, 15) is 9.59 Å². The minimum absolute atomic E-state index is 0.162. The van der Waals surface area contributed by atoms with Gasteiger partial charge in [0, 0.05) is 55.1 Å². The fourth-order valence-electron chi connectivity index (χ4n) is 5.70. The van der Waals surface area contributed by atoms with Crippen LogP contribution in [0.4, 0.5) is 10.9 Å². The molecule has 2 aliphatic heterocycles. The van der Waals surface area contributed by atoms with Gasteiger partial charge in [-0.3, -0.25) is 24.7 Å². The number of ether oxygens (including phenoxy) is 1. The Labute approximate surface area is 260 Å². The van der Waals surface area contributed by atoms with Gasteiger partial charge < -0.3 is 9.64 Å². The molecule has 3 aromatic rings. The molecule has 1 amide bonds. The molecule has 0 aliphatic carbocycles. The van der Waals surface area contributed by atoms with E-state index in [4.69, 9.17) is 21.3 Å². The molecule has 13 heteroatoms. The molecule has 5 rings (SSSR count). The molecule has 0 spiro atoms. The number of rotatable bonds is 11. The first-order chi connectivity index (χ1) is 20.3. The summed E-state index contributed by atoms with van der Waals surface area (Å²) < 4.78 is 5.04. The first kappa shape index (κ1) is 30.8. The number of hydrogen-bond donors (Lipinski definition) is 1. The van der Waals surface area contributed by atoms with Crippen molar-refractivity contribution < 1.29 is 14.3 Å². The highest BCUT2D eigenvalue weighted by Crippen LogP contribution is 2.38. The van der Waals surface area contributed by atoms with E-state index < -0.39 is 0 Å². The summed E-state index contributed by atoms with van der Waals surface area (Å²) in [7, 11) is 0. The lowest BCUT2D eigenvalue weighted by Gasteiger charge is -2.40. The van der Waals surface area contributed by atoms with E-state index in [1.54, 1.807) is 17.5 Å². The Kier molecular flexibility index (Phi) is 10.4. The van der Waals surface area contributed by atoms with Crippen LogP contribution in [0.2, 0.25) is 5.02 Å². The van der Waals surface area contributed by atoms with Crippen molar-refractivity contribution in [2.45, 2.75) is 65.1 Å². The smallest absolute Gasteiger partial charge is 0.307 e. The number of aromatic nitrogens is 3. The number of halogens is 1. The molecular weight excluding hydrogens is 594 g/mol. The van der Waals surface area contributed by atoms with Gasteiger partial charge in [-0.25, -0.2) is 15.0 Å². The van der Waals surface area contributed by atoms with Crippen LogP contribution in [-0.4, -0.2) is 88.0 Å². The number of carbonyl (C=O) groups is 2. The van der Waals surface area contributed by atoms with E-state index in [1.165, 1.54) is 30.4 Å². The fraction of sp³-hybridized carbons (Fsp3) is 0.552. The number of likely N-dealkylation sites (tertiary alicyclic amines) is 1. The Balaban J connectivity index is 1.22. The van der Waals surface area contributed by atoms with Crippen molar-refractivity contribution in [1.82, 2.24) is 24.8 Å². The van der Waals surface area contributed by atoms with Crippen molar-refractivity contribution in [3.8, 4) is 10.6 Å². The van der Waals surface area contributed by atoms with Gasteiger partial charge in [0.05, 0.1) is 41.0 Å². The first-order valence-electron chi connectivity index (χ1n) is 14.6. The predicted octanol–water partition coefficient (Wildman–Crippen LogP) is 5.41. The minimum Gasteiger partial charge on any atom is -0.466 e. The zero-order valence-corrected chi connectivity index (χ0v) is 26.7. The van der Waals surface area contributed by atoms with Gasteiger partial charge >= 0.3 is 5.97 Å². The second-order valence-electron chi connectivity index (χ2n) is 10.7. The Morgan fingerprint density at radius 1 is 1.19 bits per heavy atom. The van der Waals surface area contributed by atoms with Gasteiger partial charge in [0.25, 0.3) is 5.91 Å². The molecule has 42 heavy (non-hydrogen) atoms. The normalized spacial score (nSPS) is 19.8. The summed E-state index contributed by atoms with van der Waals surface area (Å²) >= 11 is 9.31. The maximum atomic E-state index is 13.2. The van der Waals surface area contributed by atoms with Gasteiger partial charge in [-0.2, -0.15) is 0 Å². The van der Waals surface area contributed by atoms with E-state index in [2.05, 4.69) is 43.8 Å². The van der Waals surface area contributed by atoms with Crippen LogP contribution in [0, 0.1) is 0 Å². The van der Waals surface area contributed by atoms with Crippen LogP contribution in [-0.2, 0) is 16.1 Å². The van der Waals surface area contributed by atoms with Crippen LogP contribution in [0.15, 0.2) is 23.8 Å². The number of thiazole rings is 1. The standard InChI is InChI=1S/C29H38ClN7O3S2/c1-4-21-7-6-9-36(21)17-24-27(23-13-20(30)18-41-23)33-29(42-24)34-28(39)22-14-32-25(15-31-22)37-12-11-35(16-19(37)3)10-8-26(38)40-5-2/h13-15,18-19,21H,4-12,16-17H2,1-3H3,(H,33,34,39). The Bertz CT molecular complexity index is 1370. The van der Waals surface area contributed by atoms with Crippen molar-refractivity contribution in [3.05, 3.63) is 39.4 Å². The molecule has 2 unspecified atom stereocenters. The van der Waals surface area contributed by atoms with Crippen LogP contribution in [0.3, 0.4) is 0 Å². The van der Waals surface area contributed by atoms with Gasteiger partial charge in [0.15, 0.2) is 5.13 Å². The Hall–Kier alpha value is -2.64. The quantitative estimate of drug-likeness (QED) is 0.278. The van der Waals surface area contributed by atoms with Crippen LogP contribution in [0.5, 0.6) is 0 Å². The number of carbonyl (C=O) groups excluding carboxylic acids is 2. The highest BCUT2D eigenvalue weighted by atomic mass is 35.5. The summed E-state index contributed by atoms with van der Waals surface area (Å²) in [5.74, 6) is 0.230. The average Bonchev–Trinajstić information content (AvgIpc) is 3.72. The fourth-order valence-corrected chi connectivity index (χ4v) is 7.85. The van der Waals surface area contributed by atoms with Gasteiger partial charge in [0.2, 0.25) is 0 Å². The van der Waals surface area contributed by atoms with E-state index in [1.807, 2.05) is 18.4 Å². The maximum absolute atomic E-state index is 13.2. The van der Waals surface area contributed by atoms with Crippen molar-refractivity contribution in [1.29, 1.82) is 0 Å². The molecule has 2 atom stereocenters. The van der Waals surface area contributed by atoms with E-state index in [0.29, 0.717) is 35.8 Å². The van der Waals surface area contributed by atoms with Crippen LogP contribution < -0.4 is 10.2 Å². The molecule has 3 aromatic heterocycles. The summed E-state index contributed by atoms with van der Waals surface area (Å²) in [5.41, 5.74) is 1.12. The molecule has 0 bridgehead atoms. The van der Waals surface area contributed by atoms with Crippen LogP contribution in [0.25, 0.3) is 10.6 Å². The average molecular weight is 632 g/mol. The van der Waals surface area contributed by atoms with E-state index in [0.717, 1.165) is 60.4 Å². The number of nitrogens with one attached hydrogen (secondary N) is 1.